The maximum atomic E-state index is 12.8. The summed E-state index contributed by atoms with van der Waals surface area (Å²) in [5.74, 6) is 0.445. The monoisotopic (exact) mass is 341 g/mol. The molecule has 0 radical (unpaired) electrons. The molecule has 1 atom stereocenters. The molecule has 0 aliphatic carbocycles. The molecule has 1 saturated heterocycles. The van der Waals surface area contributed by atoms with Crippen LogP contribution in [0.1, 0.15) is 40.1 Å². The van der Waals surface area contributed by atoms with Gasteiger partial charge in [-0.3, -0.25) is 9.59 Å². The summed E-state index contributed by atoms with van der Waals surface area (Å²) in [4.78, 5) is 34.8. The molecule has 0 spiro atoms. The number of aromatic nitrogens is 4. The minimum absolute atomic E-state index is 0.0965. The molecule has 1 aromatic carbocycles. The van der Waals surface area contributed by atoms with Gasteiger partial charge < -0.3 is 9.88 Å². The van der Waals surface area contributed by atoms with Crippen LogP contribution in [0.2, 0.25) is 0 Å². The quantitative estimate of drug-likeness (QED) is 0.770. The number of H-pyrrole nitrogens is 1. The highest BCUT2D eigenvalue weighted by atomic mass is 32.1. The lowest BCUT2D eigenvalue weighted by Crippen LogP contribution is -2.32. The van der Waals surface area contributed by atoms with Crippen molar-refractivity contribution in [2.45, 2.75) is 25.8 Å². The number of likely N-dealkylation sites (tertiary alicyclic amines) is 1. The van der Waals surface area contributed by atoms with Gasteiger partial charge in [0, 0.05) is 6.54 Å². The summed E-state index contributed by atoms with van der Waals surface area (Å²) in [6, 6.07) is 6.99. The second kappa shape index (κ2) is 5.79. The second-order valence-electron chi connectivity index (χ2n) is 5.81. The number of rotatable bonds is 2. The molecule has 0 saturated carbocycles. The van der Waals surface area contributed by atoms with E-state index >= 15 is 0 Å². The zero-order valence-corrected chi connectivity index (χ0v) is 13.8. The number of aryl methyl sites for hydroxylation is 1. The molecule has 1 aliphatic rings. The van der Waals surface area contributed by atoms with Crippen molar-refractivity contribution in [2.24, 2.45) is 0 Å². The Balaban J connectivity index is 1.74. The molecular weight excluding hydrogens is 326 g/mol. The lowest BCUT2D eigenvalue weighted by molar-refractivity contribution is 0.0734. The van der Waals surface area contributed by atoms with Crippen LogP contribution in [0.25, 0.3) is 10.9 Å². The lowest BCUT2D eigenvalue weighted by Gasteiger charge is -2.23. The molecule has 1 N–H and O–H groups in total. The number of nitrogens with one attached hydrogen (secondary N) is 1. The molecule has 24 heavy (non-hydrogen) atoms. The van der Waals surface area contributed by atoms with Gasteiger partial charge in [0.1, 0.15) is 10.7 Å². The third-order valence-electron chi connectivity index (χ3n) is 4.31. The van der Waals surface area contributed by atoms with E-state index in [4.69, 9.17) is 0 Å². The number of carbonyl (C=O) groups excluding carboxylic acids is 1. The van der Waals surface area contributed by atoms with E-state index in [0.29, 0.717) is 33.8 Å². The average molecular weight is 341 g/mol. The van der Waals surface area contributed by atoms with E-state index in [1.165, 1.54) is 0 Å². The fourth-order valence-corrected chi connectivity index (χ4v) is 3.73. The number of hydrogen-bond acceptors (Lipinski definition) is 6. The van der Waals surface area contributed by atoms with Crippen molar-refractivity contribution < 1.29 is 4.79 Å². The molecule has 8 heteroatoms. The first-order chi connectivity index (χ1) is 11.6. The molecule has 1 amide bonds. The summed E-state index contributed by atoms with van der Waals surface area (Å²) in [5.41, 5.74) is 1.10. The Morgan fingerprint density at radius 3 is 3.00 bits per heavy atom. The topological polar surface area (TPSA) is 91.8 Å². The van der Waals surface area contributed by atoms with Gasteiger partial charge in [-0.2, -0.15) is 0 Å². The number of aromatic amines is 1. The molecule has 1 unspecified atom stereocenters. The first-order valence-corrected chi connectivity index (χ1v) is 8.51. The number of hydrogen-bond donors (Lipinski definition) is 1. The highest BCUT2D eigenvalue weighted by Gasteiger charge is 2.34. The molecule has 4 rings (SSSR count). The Bertz CT molecular complexity index is 980. The van der Waals surface area contributed by atoms with Crippen molar-refractivity contribution in [3.63, 3.8) is 0 Å². The molecular formula is C16H15N5O2S. The fourth-order valence-electron chi connectivity index (χ4n) is 3.11. The standard InChI is InChI=1S/C16H15N5O2S/c1-9-13(24-20-19-9)16(23)21-8-4-7-12(21)14-17-11-6-3-2-5-10(11)15(22)18-14/h2-3,5-6,12H,4,7-8H2,1H3,(H,17,18,22). The third-order valence-corrected chi connectivity index (χ3v) is 5.12. The van der Waals surface area contributed by atoms with E-state index in [9.17, 15) is 9.59 Å². The van der Waals surface area contributed by atoms with Crippen molar-refractivity contribution in [2.75, 3.05) is 6.54 Å². The predicted octanol–water partition coefficient (Wildman–Crippen LogP) is 2.06. The predicted molar refractivity (Wildman–Crippen MR) is 90.0 cm³/mol. The van der Waals surface area contributed by atoms with Gasteiger partial charge in [0.2, 0.25) is 0 Å². The van der Waals surface area contributed by atoms with E-state index in [-0.39, 0.29) is 17.5 Å². The molecule has 1 aliphatic heterocycles. The first kappa shape index (κ1) is 14.9. The zero-order chi connectivity index (χ0) is 16.7. The van der Waals surface area contributed by atoms with Crippen molar-refractivity contribution in [3.05, 3.63) is 51.0 Å². The summed E-state index contributed by atoms with van der Waals surface area (Å²) in [6.07, 6.45) is 1.65. The smallest absolute Gasteiger partial charge is 0.268 e. The zero-order valence-electron chi connectivity index (χ0n) is 13.0. The SMILES string of the molecule is Cc1nnsc1C(=O)N1CCCC1c1nc2ccccc2c(=O)[nH]1. The Kier molecular flexibility index (Phi) is 3.61. The molecule has 0 bridgehead atoms. The minimum atomic E-state index is -0.226. The summed E-state index contributed by atoms with van der Waals surface area (Å²) in [6.45, 7) is 2.41. The van der Waals surface area contributed by atoms with Gasteiger partial charge in [0.15, 0.2) is 0 Å². The van der Waals surface area contributed by atoms with Crippen LogP contribution in [0.3, 0.4) is 0 Å². The number of benzene rings is 1. The molecule has 3 aromatic rings. The Morgan fingerprint density at radius 1 is 1.38 bits per heavy atom. The second-order valence-corrected chi connectivity index (χ2v) is 6.57. The summed E-state index contributed by atoms with van der Waals surface area (Å²) >= 11 is 1.10. The van der Waals surface area contributed by atoms with Crippen LogP contribution >= 0.6 is 11.5 Å². The maximum Gasteiger partial charge on any atom is 0.268 e. The minimum Gasteiger partial charge on any atom is -0.328 e. The van der Waals surface area contributed by atoms with Gasteiger partial charge in [-0.1, -0.05) is 16.6 Å². The number of amides is 1. The Hall–Kier alpha value is -2.61. The Labute approximate surface area is 141 Å². The first-order valence-electron chi connectivity index (χ1n) is 7.74. The van der Waals surface area contributed by atoms with Gasteiger partial charge in [0.25, 0.3) is 11.5 Å². The van der Waals surface area contributed by atoms with Crippen LogP contribution in [0.5, 0.6) is 0 Å². The van der Waals surface area contributed by atoms with Gasteiger partial charge in [-0.25, -0.2) is 4.98 Å². The molecule has 3 heterocycles. The summed E-state index contributed by atoms with van der Waals surface area (Å²) in [7, 11) is 0. The number of nitrogens with zero attached hydrogens (tertiary/aromatic N) is 4. The number of fused-ring (bicyclic) bond motifs is 1. The number of carbonyl (C=O) groups is 1. The van der Waals surface area contributed by atoms with Crippen molar-refractivity contribution in [3.8, 4) is 0 Å². The van der Waals surface area contributed by atoms with E-state index < -0.39 is 0 Å². The normalized spacial score (nSPS) is 17.5. The fraction of sp³-hybridized carbons (Fsp3) is 0.312. The van der Waals surface area contributed by atoms with E-state index in [1.54, 1.807) is 17.9 Å². The van der Waals surface area contributed by atoms with Gasteiger partial charge in [-0.05, 0) is 43.4 Å². The molecule has 1 fully saturated rings. The van der Waals surface area contributed by atoms with Crippen molar-refractivity contribution in [1.82, 2.24) is 24.5 Å². The third kappa shape index (κ3) is 2.39. The van der Waals surface area contributed by atoms with Crippen molar-refractivity contribution in [1.29, 1.82) is 0 Å². The molecule has 2 aromatic heterocycles. The molecule has 7 nitrogen and oxygen atoms in total. The van der Waals surface area contributed by atoms with Crippen molar-refractivity contribution >= 4 is 28.3 Å². The van der Waals surface area contributed by atoms with Crippen LogP contribution in [-0.4, -0.2) is 36.9 Å². The van der Waals surface area contributed by atoms with Crippen LogP contribution in [0, 0.1) is 6.92 Å². The van der Waals surface area contributed by atoms with Crippen LogP contribution in [0.4, 0.5) is 0 Å². The van der Waals surface area contributed by atoms with Gasteiger partial charge in [0.05, 0.1) is 22.6 Å². The van der Waals surface area contributed by atoms with Crippen LogP contribution in [0.15, 0.2) is 29.1 Å². The van der Waals surface area contributed by atoms with Gasteiger partial charge >= 0.3 is 0 Å². The number of para-hydroxylation sites is 1. The summed E-state index contributed by atoms with van der Waals surface area (Å²) < 4.78 is 3.84. The largest absolute Gasteiger partial charge is 0.328 e. The maximum absolute atomic E-state index is 12.8. The van der Waals surface area contributed by atoms with E-state index in [1.807, 2.05) is 18.2 Å². The summed E-state index contributed by atoms with van der Waals surface area (Å²) in [5, 5.41) is 4.46. The highest BCUT2D eigenvalue weighted by Crippen LogP contribution is 2.32. The highest BCUT2D eigenvalue weighted by molar-refractivity contribution is 7.07. The van der Waals surface area contributed by atoms with Crippen LogP contribution < -0.4 is 5.56 Å². The van der Waals surface area contributed by atoms with Gasteiger partial charge in [-0.15, -0.1) is 5.10 Å². The van der Waals surface area contributed by atoms with Crippen LogP contribution in [-0.2, 0) is 0 Å². The lowest BCUT2D eigenvalue weighted by atomic mass is 10.2. The van der Waals surface area contributed by atoms with E-state index in [0.717, 1.165) is 24.4 Å². The Morgan fingerprint density at radius 2 is 2.21 bits per heavy atom. The van der Waals surface area contributed by atoms with E-state index in [2.05, 4.69) is 19.6 Å². The average Bonchev–Trinajstić information content (AvgIpc) is 3.23. The molecule has 122 valence electrons.